The fourth-order valence-corrected chi connectivity index (χ4v) is 3.05. The highest BCUT2D eigenvalue weighted by molar-refractivity contribution is 9.10. The third kappa shape index (κ3) is 2.63. The van der Waals surface area contributed by atoms with Crippen molar-refractivity contribution in [2.24, 2.45) is 0 Å². The lowest BCUT2D eigenvalue weighted by molar-refractivity contribution is 0.178. The Hall–Kier alpha value is -0.780. The third-order valence-electron chi connectivity index (χ3n) is 2.74. The molecule has 1 nitrogen and oxygen atoms in total. The third-order valence-corrected chi connectivity index (χ3v) is 4.47. The molecule has 18 heavy (non-hydrogen) atoms. The van der Waals surface area contributed by atoms with E-state index in [-0.39, 0.29) is 16.5 Å². The lowest BCUT2D eigenvalue weighted by atomic mass is 10.0. The van der Waals surface area contributed by atoms with Gasteiger partial charge in [0.15, 0.2) is 0 Å². The molecule has 0 spiro atoms. The fraction of sp³-hybridized carbons (Fsp3) is 0.231. The van der Waals surface area contributed by atoms with E-state index in [0.29, 0.717) is 0 Å². The van der Waals surface area contributed by atoms with Crippen LogP contribution in [-0.4, -0.2) is 5.11 Å². The average molecular weight is 333 g/mol. The summed E-state index contributed by atoms with van der Waals surface area (Å²) in [5.74, 6) is -1.28. The van der Waals surface area contributed by atoms with Crippen LogP contribution >= 0.6 is 27.3 Å². The van der Waals surface area contributed by atoms with Crippen LogP contribution < -0.4 is 0 Å². The molecule has 0 fully saturated rings. The number of aliphatic hydroxyl groups excluding tert-OH is 1. The lowest BCUT2D eigenvalue weighted by Crippen LogP contribution is -2.06. The minimum atomic E-state index is -0.886. The fourth-order valence-electron chi connectivity index (χ4n) is 1.77. The van der Waals surface area contributed by atoms with E-state index in [4.69, 9.17) is 0 Å². The average Bonchev–Trinajstić information content (AvgIpc) is 2.76. The number of benzene rings is 1. The van der Waals surface area contributed by atoms with Gasteiger partial charge in [0, 0.05) is 16.9 Å². The number of aliphatic hydroxyl groups is 1. The normalized spacial score (nSPS) is 12.7. The van der Waals surface area contributed by atoms with E-state index in [2.05, 4.69) is 15.9 Å². The Labute approximate surface area is 116 Å². The minimum Gasteiger partial charge on any atom is -0.387 e. The zero-order valence-electron chi connectivity index (χ0n) is 9.58. The predicted molar refractivity (Wildman–Crippen MR) is 71.8 cm³/mol. The molecule has 0 aliphatic carbocycles. The number of thiophene rings is 1. The van der Waals surface area contributed by atoms with Gasteiger partial charge in [-0.3, -0.25) is 0 Å². The van der Waals surface area contributed by atoms with Crippen LogP contribution in [0.2, 0.25) is 0 Å². The van der Waals surface area contributed by atoms with Crippen LogP contribution in [0, 0.1) is 18.6 Å². The molecule has 0 saturated heterocycles. The maximum atomic E-state index is 13.8. The standard InChI is InChI=1S/C13H11BrF2OS/c1-7-4-5-18-13(7)11(17)6-8-10(15)3-2-9(14)12(8)16/h2-5,11,17H,6H2,1H3. The lowest BCUT2D eigenvalue weighted by Gasteiger charge is -2.12. The molecule has 2 aromatic rings. The summed E-state index contributed by atoms with van der Waals surface area (Å²) in [7, 11) is 0. The summed E-state index contributed by atoms with van der Waals surface area (Å²) in [6, 6.07) is 4.38. The van der Waals surface area contributed by atoms with Crippen molar-refractivity contribution >= 4 is 27.3 Å². The van der Waals surface area contributed by atoms with Crippen molar-refractivity contribution in [3.05, 3.63) is 55.7 Å². The molecule has 0 aliphatic rings. The topological polar surface area (TPSA) is 20.2 Å². The molecule has 96 valence electrons. The van der Waals surface area contributed by atoms with Crippen molar-refractivity contribution in [1.29, 1.82) is 0 Å². The predicted octanol–water partition coefficient (Wildman–Crippen LogP) is 4.37. The largest absolute Gasteiger partial charge is 0.387 e. The Morgan fingerprint density at radius 3 is 2.67 bits per heavy atom. The second kappa shape index (κ2) is 5.47. The maximum absolute atomic E-state index is 13.8. The highest BCUT2D eigenvalue weighted by Gasteiger charge is 2.19. The quantitative estimate of drug-likeness (QED) is 0.827. The van der Waals surface area contributed by atoms with Crippen LogP contribution in [0.25, 0.3) is 0 Å². The Balaban J connectivity index is 2.30. The van der Waals surface area contributed by atoms with Gasteiger partial charge in [0.1, 0.15) is 11.6 Å². The number of hydrogen-bond acceptors (Lipinski definition) is 2. The maximum Gasteiger partial charge on any atom is 0.143 e. The number of aryl methyl sites for hydroxylation is 1. The summed E-state index contributed by atoms with van der Waals surface area (Å²) in [6.45, 7) is 1.86. The van der Waals surface area contributed by atoms with Gasteiger partial charge >= 0.3 is 0 Å². The van der Waals surface area contributed by atoms with E-state index in [0.717, 1.165) is 10.4 Å². The van der Waals surface area contributed by atoms with Crippen molar-refractivity contribution in [2.75, 3.05) is 0 Å². The first-order valence-corrected chi connectivity index (χ1v) is 7.02. The number of rotatable bonds is 3. The van der Waals surface area contributed by atoms with E-state index in [1.807, 2.05) is 18.4 Å². The molecule has 1 aromatic heterocycles. The molecule has 1 atom stereocenters. The van der Waals surface area contributed by atoms with Gasteiger partial charge < -0.3 is 5.11 Å². The van der Waals surface area contributed by atoms with Crippen LogP contribution in [0.4, 0.5) is 8.78 Å². The zero-order valence-corrected chi connectivity index (χ0v) is 12.0. The van der Waals surface area contributed by atoms with E-state index in [9.17, 15) is 13.9 Å². The molecule has 2 rings (SSSR count). The van der Waals surface area contributed by atoms with Gasteiger partial charge in [0.25, 0.3) is 0 Å². The van der Waals surface area contributed by atoms with Crippen molar-refractivity contribution < 1.29 is 13.9 Å². The SMILES string of the molecule is Cc1ccsc1C(O)Cc1c(F)ccc(Br)c1F. The molecular formula is C13H11BrF2OS. The molecule has 0 bridgehead atoms. The van der Waals surface area contributed by atoms with E-state index in [1.165, 1.54) is 23.5 Å². The molecule has 1 N–H and O–H groups in total. The summed E-state index contributed by atoms with van der Waals surface area (Å²) >= 11 is 4.40. The summed E-state index contributed by atoms with van der Waals surface area (Å²) in [5, 5.41) is 11.9. The van der Waals surface area contributed by atoms with Crippen LogP contribution in [0.5, 0.6) is 0 Å². The first-order chi connectivity index (χ1) is 8.50. The van der Waals surface area contributed by atoms with Crippen LogP contribution in [-0.2, 0) is 6.42 Å². The van der Waals surface area contributed by atoms with Gasteiger partial charge in [-0.2, -0.15) is 0 Å². The smallest absolute Gasteiger partial charge is 0.143 e. The van der Waals surface area contributed by atoms with Crippen molar-refractivity contribution in [3.8, 4) is 0 Å². The zero-order chi connectivity index (χ0) is 13.3. The van der Waals surface area contributed by atoms with Gasteiger partial charge in [0.2, 0.25) is 0 Å². The van der Waals surface area contributed by atoms with E-state index < -0.39 is 17.7 Å². The van der Waals surface area contributed by atoms with E-state index in [1.54, 1.807) is 0 Å². The van der Waals surface area contributed by atoms with Gasteiger partial charge in [-0.15, -0.1) is 11.3 Å². The van der Waals surface area contributed by atoms with Gasteiger partial charge in [-0.25, -0.2) is 8.78 Å². The van der Waals surface area contributed by atoms with Crippen molar-refractivity contribution in [2.45, 2.75) is 19.4 Å². The number of hydrogen-bond donors (Lipinski definition) is 1. The Bertz CT molecular complexity index is 568. The second-order valence-corrected chi connectivity index (χ2v) is 5.81. The molecule has 0 radical (unpaired) electrons. The molecule has 1 aromatic carbocycles. The first-order valence-electron chi connectivity index (χ1n) is 5.35. The Morgan fingerprint density at radius 2 is 2.06 bits per heavy atom. The monoisotopic (exact) mass is 332 g/mol. The highest BCUT2D eigenvalue weighted by Crippen LogP contribution is 2.30. The molecule has 1 heterocycles. The Kier molecular flexibility index (Phi) is 4.14. The minimum absolute atomic E-state index is 0.0710. The molecule has 0 amide bonds. The summed E-state index contributed by atoms with van der Waals surface area (Å²) in [6.07, 6.45) is -0.957. The highest BCUT2D eigenvalue weighted by atomic mass is 79.9. The van der Waals surface area contributed by atoms with Crippen molar-refractivity contribution in [1.82, 2.24) is 0 Å². The summed E-state index contributed by atoms with van der Waals surface area (Å²) < 4.78 is 27.5. The Morgan fingerprint density at radius 1 is 1.33 bits per heavy atom. The van der Waals surface area contributed by atoms with Crippen LogP contribution in [0.15, 0.2) is 28.1 Å². The molecule has 0 saturated carbocycles. The summed E-state index contributed by atoms with van der Waals surface area (Å²) in [5.41, 5.74) is 0.841. The van der Waals surface area contributed by atoms with Crippen molar-refractivity contribution in [3.63, 3.8) is 0 Å². The first kappa shape index (κ1) is 13.6. The van der Waals surface area contributed by atoms with Crippen LogP contribution in [0.1, 0.15) is 22.1 Å². The molecular weight excluding hydrogens is 322 g/mol. The molecule has 1 unspecified atom stereocenters. The molecule has 0 aliphatic heterocycles. The molecule has 5 heteroatoms. The van der Waals surface area contributed by atoms with Gasteiger partial charge in [-0.1, -0.05) is 0 Å². The van der Waals surface area contributed by atoms with Crippen LogP contribution in [0.3, 0.4) is 0 Å². The summed E-state index contributed by atoms with van der Waals surface area (Å²) in [4.78, 5) is 0.744. The number of halogens is 3. The van der Waals surface area contributed by atoms with E-state index >= 15 is 0 Å². The second-order valence-electron chi connectivity index (χ2n) is 4.01. The van der Waals surface area contributed by atoms with Gasteiger partial charge in [0.05, 0.1) is 10.6 Å². The van der Waals surface area contributed by atoms with Gasteiger partial charge in [-0.05, 0) is 52.0 Å².